The zero-order valence-corrected chi connectivity index (χ0v) is 20.6. The normalized spacial score (nSPS) is 12.0. The fourth-order valence-corrected chi connectivity index (χ4v) is 4.20. The SMILES string of the molecule is Cc1nn(-c2ccc(C(C)(C)C#N)cc2)c2c1cnc1ccc(-c3ccc(NC(=O)C(F)(F)F)nc3)cc12. The predicted molar refractivity (Wildman–Crippen MR) is 138 cm³/mol. The van der Waals surface area contributed by atoms with Gasteiger partial charge >= 0.3 is 12.1 Å². The Labute approximate surface area is 215 Å². The number of nitriles is 1. The monoisotopic (exact) mass is 514 g/mol. The molecule has 0 spiro atoms. The molecule has 0 aliphatic carbocycles. The van der Waals surface area contributed by atoms with E-state index >= 15 is 0 Å². The van der Waals surface area contributed by atoms with Crippen molar-refractivity contribution in [3.05, 3.63) is 78.2 Å². The molecule has 1 amide bonds. The smallest absolute Gasteiger partial charge is 0.303 e. The van der Waals surface area contributed by atoms with Gasteiger partial charge in [0.2, 0.25) is 0 Å². The Hall–Kier alpha value is -4.78. The van der Waals surface area contributed by atoms with Gasteiger partial charge in [-0.15, -0.1) is 0 Å². The molecule has 0 fully saturated rings. The van der Waals surface area contributed by atoms with E-state index in [1.165, 1.54) is 12.3 Å². The van der Waals surface area contributed by atoms with E-state index in [-0.39, 0.29) is 5.82 Å². The quantitative estimate of drug-likeness (QED) is 0.306. The van der Waals surface area contributed by atoms with Gasteiger partial charge in [-0.2, -0.15) is 23.5 Å². The molecule has 10 heteroatoms. The minimum Gasteiger partial charge on any atom is -0.303 e. The van der Waals surface area contributed by atoms with Gasteiger partial charge in [-0.05, 0) is 68.3 Å². The summed E-state index contributed by atoms with van der Waals surface area (Å²) in [7, 11) is 0. The van der Waals surface area contributed by atoms with Gasteiger partial charge in [0.1, 0.15) is 5.82 Å². The third kappa shape index (κ3) is 4.43. The molecule has 3 heterocycles. The van der Waals surface area contributed by atoms with Crippen LogP contribution in [0.15, 0.2) is 67.0 Å². The van der Waals surface area contributed by atoms with E-state index in [9.17, 15) is 23.2 Å². The first-order valence-corrected chi connectivity index (χ1v) is 11.6. The summed E-state index contributed by atoms with van der Waals surface area (Å²) in [6, 6.07) is 18.5. The Morgan fingerprint density at radius 3 is 2.29 bits per heavy atom. The number of alkyl halides is 3. The minimum atomic E-state index is -5.00. The summed E-state index contributed by atoms with van der Waals surface area (Å²) < 4.78 is 39.4. The molecule has 5 aromatic rings. The standard InChI is InChI=1S/C28H21F3N6O/c1-16-22-14-33-23-10-4-17(18-5-11-24(34-13-18)35-26(38)28(29,30)31)12-21(23)25(22)37(36-16)20-8-6-19(7-9-20)27(2,3)15-32/h4-14H,1-3H3,(H,34,35,38). The molecule has 1 N–H and O–H groups in total. The molecule has 190 valence electrons. The van der Waals surface area contributed by atoms with Gasteiger partial charge in [-0.3, -0.25) is 9.78 Å². The van der Waals surface area contributed by atoms with Crippen molar-refractivity contribution < 1.29 is 18.0 Å². The van der Waals surface area contributed by atoms with E-state index in [0.717, 1.165) is 44.3 Å². The molecular formula is C28H21F3N6O. The number of rotatable bonds is 4. The first-order valence-electron chi connectivity index (χ1n) is 11.6. The topological polar surface area (TPSA) is 96.5 Å². The highest BCUT2D eigenvalue weighted by atomic mass is 19.4. The Bertz CT molecular complexity index is 1730. The number of amides is 1. The molecule has 0 atom stereocenters. The predicted octanol–water partition coefficient (Wildman–Crippen LogP) is 6.25. The highest BCUT2D eigenvalue weighted by Gasteiger charge is 2.38. The summed E-state index contributed by atoms with van der Waals surface area (Å²) in [6.45, 7) is 5.63. The maximum absolute atomic E-state index is 12.5. The van der Waals surface area contributed by atoms with Crippen molar-refractivity contribution in [1.82, 2.24) is 19.7 Å². The van der Waals surface area contributed by atoms with E-state index in [2.05, 4.69) is 16.0 Å². The summed E-state index contributed by atoms with van der Waals surface area (Å²) in [5.41, 5.74) is 4.91. The van der Waals surface area contributed by atoms with Crippen molar-refractivity contribution in [1.29, 1.82) is 5.26 Å². The van der Waals surface area contributed by atoms with Crippen LogP contribution in [0.4, 0.5) is 19.0 Å². The van der Waals surface area contributed by atoms with Crippen LogP contribution < -0.4 is 5.32 Å². The Kier molecular flexibility index (Phi) is 5.87. The van der Waals surface area contributed by atoms with Crippen LogP contribution in [0.5, 0.6) is 0 Å². The van der Waals surface area contributed by atoms with Crippen molar-refractivity contribution in [3.63, 3.8) is 0 Å². The van der Waals surface area contributed by atoms with E-state index in [4.69, 9.17) is 5.10 Å². The molecule has 0 radical (unpaired) electrons. The third-order valence-electron chi connectivity index (χ3n) is 6.40. The van der Waals surface area contributed by atoms with Crippen LogP contribution in [0, 0.1) is 18.3 Å². The van der Waals surface area contributed by atoms with Crippen LogP contribution in [0.3, 0.4) is 0 Å². The average molecular weight is 515 g/mol. The van der Waals surface area contributed by atoms with Crippen molar-refractivity contribution in [2.24, 2.45) is 0 Å². The van der Waals surface area contributed by atoms with Crippen molar-refractivity contribution in [3.8, 4) is 22.9 Å². The zero-order chi connectivity index (χ0) is 27.2. The molecule has 5 rings (SSSR count). The second-order valence-electron chi connectivity index (χ2n) is 9.42. The number of aryl methyl sites for hydroxylation is 1. The molecule has 7 nitrogen and oxygen atoms in total. The maximum atomic E-state index is 12.5. The molecule has 0 aliphatic heterocycles. The van der Waals surface area contributed by atoms with Crippen LogP contribution in [0.2, 0.25) is 0 Å². The van der Waals surface area contributed by atoms with E-state index in [1.54, 1.807) is 17.6 Å². The first-order chi connectivity index (χ1) is 18.0. The van der Waals surface area contributed by atoms with E-state index < -0.39 is 17.5 Å². The summed E-state index contributed by atoms with van der Waals surface area (Å²) in [5, 5.41) is 17.7. The number of anilines is 1. The van der Waals surface area contributed by atoms with Gasteiger partial charge in [0.05, 0.1) is 33.9 Å². The van der Waals surface area contributed by atoms with E-state index in [0.29, 0.717) is 5.56 Å². The summed E-state index contributed by atoms with van der Waals surface area (Å²) in [4.78, 5) is 19.7. The molecule has 2 aromatic carbocycles. The largest absolute Gasteiger partial charge is 0.471 e. The average Bonchev–Trinajstić information content (AvgIpc) is 3.25. The van der Waals surface area contributed by atoms with Gasteiger partial charge in [0, 0.05) is 28.7 Å². The fourth-order valence-electron chi connectivity index (χ4n) is 4.20. The fraction of sp³-hybridized carbons (Fsp3) is 0.179. The molecule has 0 saturated heterocycles. The second-order valence-corrected chi connectivity index (χ2v) is 9.42. The van der Waals surface area contributed by atoms with E-state index in [1.807, 2.05) is 67.9 Å². The van der Waals surface area contributed by atoms with Gasteiger partial charge < -0.3 is 5.32 Å². The molecular weight excluding hydrogens is 493 g/mol. The van der Waals surface area contributed by atoms with Crippen LogP contribution in [-0.2, 0) is 10.2 Å². The lowest BCUT2D eigenvalue weighted by molar-refractivity contribution is -0.167. The molecule has 0 unspecified atom stereocenters. The van der Waals surface area contributed by atoms with Crippen LogP contribution in [0.25, 0.3) is 38.6 Å². The number of hydrogen-bond acceptors (Lipinski definition) is 5. The van der Waals surface area contributed by atoms with Gasteiger partial charge in [-0.25, -0.2) is 9.67 Å². The summed E-state index contributed by atoms with van der Waals surface area (Å²) in [5.74, 6) is -2.28. The number of pyridine rings is 2. The van der Waals surface area contributed by atoms with Crippen LogP contribution in [-0.4, -0.2) is 31.8 Å². The molecule has 3 aromatic heterocycles. The summed E-state index contributed by atoms with van der Waals surface area (Å²) >= 11 is 0. The van der Waals surface area contributed by atoms with Crippen molar-refractivity contribution in [2.45, 2.75) is 32.4 Å². The number of fused-ring (bicyclic) bond motifs is 3. The Morgan fingerprint density at radius 1 is 0.947 bits per heavy atom. The zero-order valence-electron chi connectivity index (χ0n) is 20.6. The highest BCUT2D eigenvalue weighted by Crippen LogP contribution is 2.32. The second kappa shape index (κ2) is 8.95. The number of carbonyl (C=O) groups excluding carboxylic acids is 1. The molecule has 0 saturated carbocycles. The minimum absolute atomic E-state index is 0.197. The number of halogens is 3. The van der Waals surface area contributed by atoms with Gasteiger partial charge in [-0.1, -0.05) is 18.2 Å². The molecule has 0 aliphatic rings. The number of hydrogen-bond donors (Lipinski definition) is 1. The van der Waals surface area contributed by atoms with Gasteiger partial charge in [0.25, 0.3) is 0 Å². The lowest BCUT2D eigenvalue weighted by Crippen LogP contribution is -2.30. The maximum Gasteiger partial charge on any atom is 0.471 e. The number of nitrogens with one attached hydrogen (secondary N) is 1. The van der Waals surface area contributed by atoms with Crippen molar-refractivity contribution >= 4 is 33.5 Å². The number of benzene rings is 2. The van der Waals surface area contributed by atoms with Crippen LogP contribution in [0.1, 0.15) is 25.1 Å². The van der Waals surface area contributed by atoms with Crippen LogP contribution >= 0.6 is 0 Å². The Morgan fingerprint density at radius 2 is 1.66 bits per heavy atom. The lowest BCUT2D eigenvalue weighted by Gasteiger charge is -2.16. The lowest BCUT2D eigenvalue weighted by atomic mass is 9.86. The number of carbonyl (C=O) groups is 1. The highest BCUT2D eigenvalue weighted by molar-refractivity contribution is 6.06. The Balaban J connectivity index is 1.58. The van der Waals surface area contributed by atoms with Gasteiger partial charge in [0.15, 0.2) is 0 Å². The third-order valence-corrected chi connectivity index (χ3v) is 6.40. The number of aromatic nitrogens is 4. The van der Waals surface area contributed by atoms with Crippen molar-refractivity contribution in [2.75, 3.05) is 5.32 Å². The number of nitrogens with zero attached hydrogens (tertiary/aromatic N) is 5. The summed E-state index contributed by atoms with van der Waals surface area (Å²) in [6.07, 6.45) is -1.81. The first kappa shape index (κ1) is 24.9. The molecule has 0 bridgehead atoms. The molecule has 38 heavy (non-hydrogen) atoms.